The Morgan fingerprint density at radius 3 is 2.32 bits per heavy atom. The van der Waals surface area contributed by atoms with Crippen molar-refractivity contribution in [2.75, 3.05) is 19.6 Å². The second kappa shape index (κ2) is 9.77. The van der Waals surface area contributed by atoms with Crippen LogP contribution >= 0.6 is 0 Å². The van der Waals surface area contributed by atoms with Gasteiger partial charge in [0.1, 0.15) is 0 Å². The molecule has 19 heavy (non-hydrogen) atoms. The zero-order chi connectivity index (χ0) is 14.1. The van der Waals surface area contributed by atoms with E-state index in [0.717, 1.165) is 18.5 Å². The molecule has 1 aliphatic rings. The van der Waals surface area contributed by atoms with Gasteiger partial charge in [0.15, 0.2) is 0 Å². The molecule has 1 fully saturated rings. The summed E-state index contributed by atoms with van der Waals surface area (Å²) in [7, 11) is 0. The standard InChI is InChI=1S/C17H36N2/c1-5-9-16(18-6-2)14-19(13-12-15(3)4)17-10-7-8-11-17/h15-18H,5-14H2,1-4H3. The smallest absolute Gasteiger partial charge is 0.0194 e. The summed E-state index contributed by atoms with van der Waals surface area (Å²) in [5.41, 5.74) is 0. The predicted molar refractivity (Wildman–Crippen MR) is 85.7 cm³/mol. The number of hydrogen-bond donors (Lipinski definition) is 1. The Kier molecular flexibility index (Phi) is 8.72. The molecule has 0 aliphatic heterocycles. The maximum absolute atomic E-state index is 3.68. The first-order chi connectivity index (χ1) is 9.17. The molecule has 1 saturated carbocycles. The number of nitrogens with one attached hydrogen (secondary N) is 1. The SMILES string of the molecule is CCCC(CN(CCC(C)C)C1CCCC1)NCC. The highest BCUT2D eigenvalue weighted by Crippen LogP contribution is 2.24. The fourth-order valence-electron chi connectivity index (χ4n) is 3.29. The van der Waals surface area contributed by atoms with Gasteiger partial charge in [-0.05, 0) is 44.7 Å². The molecule has 1 atom stereocenters. The molecule has 1 N–H and O–H groups in total. The van der Waals surface area contributed by atoms with Crippen molar-refractivity contribution in [3.05, 3.63) is 0 Å². The van der Waals surface area contributed by atoms with Crippen molar-refractivity contribution in [3.8, 4) is 0 Å². The van der Waals surface area contributed by atoms with Crippen molar-refractivity contribution < 1.29 is 0 Å². The minimum atomic E-state index is 0.697. The van der Waals surface area contributed by atoms with Crippen molar-refractivity contribution in [1.29, 1.82) is 0 Å². The normalized spacial score (nSPS) is 18.6. The van der Waals surface area contributed by atoms with Gasteiger partial charge in [0.05, 0.1) is 0 Å². The first kappa shape index (κ1) is 17.0. The highest BCUT2D eigenvalue weighted by Gasteiger charge is 2.24. The first-order valence-corrected chi connectivity index (χ1v) is 8.64. The Hall–Kier alpha value is -0.0800. The lowest BCUT2D eigenvalue weighted by molar-refractivity contribution is 0.165. The Morgan fingerprint density at radius 2 is 1.79 bits per heavy atom. The molecule has 0 radical (unpaired) electrons. The van der Waals surface area contributed by atoms with Crippen LogP contribution in [0, 0.1) is 5.92 Å². The summed E-state index contributed by atoms with van der Waals surface area (Å²) in [5.74, 6) is 0.827. The molecule has 0 bridgehead atoms. The van der Waals surface area contributed by atoms with E-state index in [0.29, 0.717) is 6.04 Å². The van der Waals surface area contributed by atoms with Crippen LogP contribution in [0.2, 0.25) is 0 Å². The average molecular weight is 268 g/mol. The van der Waals surface area contributed by atoms with Crippen molar-refractivity contribution in [1.82, 2.24) is 10.2 Å². The van der Waals surface area contributed by atoms with E-state index >= 15 is 0 Å². The summed E-state index contributed by atoms with van der Waals surface area (Å²) in [4.78, 5) is 2.80. The third-order valence-corrected chi connectivity index (χ3v) is 4.42. The summed E-state index contributed by atoms with van der Waals surface area (Å²) in [5, 5.41) is 3.68. The number of likely N-dealkylation sites (N-methyl/N-ethyl adjacent to an activating group) is 1. The Morgan fingerprint density at radius 1 is 1.11 bits per heavy atom. The van der Waals surface area contributed by atoms with E-state index < -0.39 is 0 Å². The summed E-state index contributed by atoms with van der Waals surface area (Å²) in [6.45, 7) is 12.9. The van der Waals surface area contributed by atoms with Gasteiger partial charge in [-0.15, -0.1) is 0 Å². The first-order valence-electron chi connectivity index (χ1n) is 8.64. The maximum atomic E-state index is 3.68. The van der Waals surface area contributed by atoms with Gasteiger partial charge < -0.3 is 5.32 Å². The van der Waals surface area contributed by atoms with Crippen LogP contribution in [0.4, 0.5) is 0 Å². The van der Waals surface area contributed by atoms with E-state index in [4.69, 9.17) is 0 Å². The zero-order valence-electron chi connectivity index (χ0n) is 13.8. The lowest BCUT2D eigenvalue weighted by Crippen LogP contribution is -2.45. The van der Waals surface area contributed by atoms with Gasteiger partial charge in [0, 0.05) is 18.6 Å². The van der Waals surface area contributed by atoms with E-state index in [1.165, 1.54) is 58.0 Å². The third-order valence-electron chi connectivity index (χ3n) is 4.42. The van der Waals surface area contributed by atoms with Gasteiger partial charge in [-0.3, -0.25) is 4.90 Å². The maximum Gasteiger partial charge on any atom is 0.0194 e. The molecular formula is C17H36N2. The topological polar surface area (TPSA) is 15.3 Å². The molecule has 0 spiro atoms. The highest BCUT2D eigenvalue weighted by molar-refractivity contribution is 4.81. The van der Waals surface area contributed by atoms with Crippen LogP contribution in [-0.2, 0) is 0 Å². The van der Waals surface area contributed by atoms with Gasteiger partial charge in [-0.25, -0.2) is 0 Å². The van der Waals surface area contributed by atoms with Crippen LogP contribution in [0.5, 0.6) is 0 Å². The summed E-state index contributed by atoms with van der Waals surface area (Å²) >= 11 is 0. The molecule has 0 aromatic heterocycles. The van der Waals surface area contributed by atoms with Crippen molar-refractivity contribution in [2.24, 2.45) is 5.92 Å². The van der Waals surface area contributed by atoms with E-state index in [1.807, 2.05) is 0 Å². The summed E-state index contributed by atoms with van der Waals surface area (Å²) in [6.07, 6.45) is 9.72. The molecule has 2 heteroatoms. The molecule has 0 saturated heterocycles. The van der Waals surface area contributed by atoms with Crippen LogP contribution in [-0.4, -0.2) is 36.6 Å². The second-order valence-corrected chi connectivity index (χ2v) is 6.66. The number of hydrogen-bond acceptors (Lipinski definition) is 2. The number of nitrogens with zero attached hydrogens (tertiary/aromatic N) is 1. The molecule has 0 aromatic rings. The molecule has 114 valence electrons. The van der Waals surface area contributed by atoms with E-state index in [-0.39, 0.29) is 0 Å². The molecule has 2 nitrogen and oxygen atoms in total. The largest absolute Gasteiger partial charge is 0.313 e. The molecule has 1 unspecified atom stereocenters. The van der Waals surface area contributed by atoms with Crippen molar-refractivity contribution in [3.63, 3.8) is 0 Å². The Bertz CT molecular complexity index is 203. The van der Waals surface area contributed by atoms with Gasteiger partial charge in [-0.1, -0.05) is 47.0 Å². The van der Waals surface area contributed by atoms with Crippen LogP contribution in [0.1, 0.15) is 72.6 Å². The minimum absolute atomic E-state index is 0.697. The van der Waals surface area contributed by atoms with Crippen LogP contribution in [0.25, 0.3) is 0 Å². The van der Waals surface area contributed by atoms with Crippen molar-refractivity contribution in [2.45, 2.75) is 84.7 Å². The zero-order valence-corrected chi connectivity index (χ0v) is 13.8. The molecule has 1 rings (SSSR count). The van der Waals surface area contributed by atoms with Crippen LogP contribution in [0.15, 0.2) is 0 Å². The highest BCUT2D eigenvalue weighted by atomic mass is 15.2. The molecule has 0 aromatic carbocycles. The monoisotopic (exact) mass is 268 g/mol. The molecule has 0 amide bonds. The predicted octanol–water partition coefficient (Wildman–Crippen LogP) is 4.06. The fourth-order valence-corrected chi connectivity index (χ4v) is 3.29. The summed E-state index contributed by atoms with van der Waals surface area (Å²) < 4.78 is 0. The average Bonchev–Trinajstić information content (AvgIpc) is 2.88. The molecular weight excluding hydrogens is 232 g/mol. The van der Waals surface area contributed by atoms with E-state index in [9.17, 15) is 0 Å². The lowest BCUT2D eigenvalue weighted by atomic mass is 10.1. The second-order valence-electron chi connectivity index (χ2n) is 6.66. The molecule has 1 aliphatic carbocycles. The van der Waals surface area contributed by atoms with Crippen LogP contribution in [0.3, 0.4) is 0 Å². The van der Waals surface area contributed by atoms with E-state index in [1.54, 1.807) is 0 Å². The Balaban J connectivity index is 2.49. The Labute approximate surface area is 121 Å². The minimum Gasteiger partial charge on any atom is -0.313 e. The number of rotatable bonds is 10. The quantitative estimate of drug-likeness (QED) is 0.643. The van der Waals surface area contributed by atoms with Gasteiger partial charge in [-0.2, -0.15) is 0 Å². The molecule has 0 heterocycles. The van der Waals surface area contributed by atoms with Crippen molar-refractivity contribution >= 4 is 0 Å². The van der Waals surface area contributed by atoms with Crippen LogP contribution < -0.4 is 5.32 Å². The van der Waals surface area contributed by atoms with Gasteiger partial charge in [0.25, 0.3) is 0 Å². The lowest BCUT2D eigenvalue weighted by Gasteiger charge is -2.33. The fraction of sp³-hybridized carbons (Fsp3) is 1.00. The van der Waals surface area contributed by atoms with Gasteiger partial charge in [0.2, 0.25) is 0 Å². The van der Waals surface area contributed by atoms with E-state index in [2.05, 4.69) is 37.9 Å². The third kappa shape index (κ3) is 6.76. The summed E-state index contributed by atoms with van der Waals surface area (Å²) in [6, 6.07) is 1.57. The van der Waals surface area contributed by atoms with Gasteiger partial charge >= 0.3 is 0 Å².